The van der Waals surface area contributed by atoms with Gasteiger partial charge in [0.15, 0.2) is 0 Å². The Morgan fingerprint density at radius 1 is 1.20 bits per heavy atom. The molecule has 0 unspecified atom stereocenters. The van der Waals surface area contributed by atoms with E-state index in [0.29, 0.717) is 12.0 Å². The zero-order valence-electron chi connectivity index (χ0n) is 14.2. The fourth-order valence-electron chi connectivity index (χ4n) is 3.33. The van der Waals surface area contributed by atoms with E-state index in [0.717, 1.165) is 33.6 Å². The lowest BCUT2D eigenvalue weighted by Gasteiger charge is -2.12. The summed E-state index contributed by atoms with van der Waals surface area (Å²) >= 11 is 0. The second-order valence-electron chi connectivity index (χ2n) is 6.83. The minimum absolute atomic E-state index is 0.423. The van der Waals surface area contributed by atoms with Crippen molar-refractivity contribution in [3.63, 3.8) is 0 Å². The molecule has 0 aliphatic heterocycles. The van der Waals surface area contributed by atoms with E-state index in [1.165, 1.54) is 12.8 Å². The molecule has 0 bridgehead atoms. The largest absolute Gasteiger partial charge is 0.350 e. The molecule has 4 aromatic rings. The highest BCUT2D eigenvalue weighted by Crippen LogP contribution is 2.33. The second kappa shape index (κ2) is 5.27. The quantitative estimate of drug-likeness (QED) is 0.622. The maximum atomic E-state index is 4.61. The van der Waals surface area contributed by atoms with Crippen LogP contribution >= 0.6 is 0 Å². The van der Waals surface area contributed by atoms with Crippen LogP contribution in [0.5, 0.6) is 0 Å². The summed E-state index contributed by atoms with van der Waals surface area (Å²) in [5.41, 5.74) is 5.10. The van der Waals surface area contributed by atoms with Gasteiger partial charge in [-0.2, -0.15) is 0 Å². The van der Waals surface area contributed by atoms with Crippen molar-refractivity contribution in [1.82, 2.24) is 29.6 Å². The number of rotatable bonds is 4. The zero-order chi connectivity index (χ0) is 17.0. The van der Waals surface area contributed by atoms with Gasteiger partial charge in [0.25, 0.3) is 0 Å². The third kappa shape index (κ3) is 2.43. The zero-order valence-corrected chi connectivity index (χ0v) is 14.2. The van der Waals surface area contributed by atoms with Crippen LogP contribution in [0.15, 0.2) is 36.7 Å². The van der Waals surface area contributed by atoms with E-state index >= 15 is 0 Å². The van der Waals surface area contributed by atoms with Crippen molar-refractivity contribution in [3.8, 4) is 11.1 Å². The molecule has 25 heavy (non-hydrogen) atoms. The van der Waals surface area contributed by atoms with Crippen molar-refractivity contribution in [1.29, 1.82) is 0 Å². The fourth-order valence-corrected chi connectivity index (χ4v) is 3.33. The van der Waals surface area contributed by atoms with Crippen LogP contribution in [0.1, 0.15) is 19.8 Å². The Kier molecular flexibility index (Phi) is 3.03. The summed E-state index contributed by atoms with van der Waals surface area (Å²) in [6, 6.07) is 8.66. The smallest absolute Gasteiger partial charge is 0.241 e. The third-order valence-electron chi connectivity index (χ3n) is 5.02. The molecule has 1 aliphatic carbocycles. The number of nitrogens with one attached hydrogen (secondary N) is 1. The van der Waals surface area contributed by atoms with Crippen LogP contribution in [0.3, 0.4) is 0 Å². The summed E-state index contributed by atoms with van der Waals surface area (Å²) in [4.78, 5) is 4.51. The van der Waals surface area contributed by atoms with E-state index in [1.807, 2.05) is 30.0 Å². The van der Waals surface area contributed by atoms with Gasteiger partial charge in [0.05, 0.1) is 17.2 Å². The first-order chi connectivity index (χ1) is 12.2. The average molecular weight is 333 g/mol. The standard InChI is InChI=1S/C18H19N7/c1-11(12-3-4-12)20-18-19-10-17-14(7-8-25(17)22-18)13-5-6-15-16(9-13)24(2)23-21-15/h5-12H,3-4H2,1-2H3,(H,20,22)/t11-/m1/s1. The SMILES string of the molecule is C[C@@H](Nc1ncc2c(-c3ccc4nnn(C)c4c3)ccn2n1)C1CC1. The number of aromatic nitrogens is 6. The maximum Gasteiger partial charge on any atom is 0.241 e. The Bertz CT molecular complexity index is 1070. The van der Waals surface area contributed by atoms with E-state index in [4.69, 9.17) is 0 Å². The second-order valence-corrected chi connectivity index (χ2v) is 6.83. The minimum Gasteiger partial charge on any atom is -0.350 e. The topological polar surface area (TPSA) is 72.9 Å². The van der Waals surface area contributed by atoms with Crippen LogP contribution in [0, 0.1) is 5.92 Å². The predicted octanol–water partition coefficient (Wildman–Crippen LogP) is 2.89. The van der Waals surface area contributed by atoms with Gasteiger partial charge in [-0.1, -0.05) is 11.3 Å². The van der Waals surface area contributed by atoms with E-state index in [9.17, 15) is 0 Å². The highest BCUT2D eigenvalue weighted by molar-refractivity contribution is 5.87. The lowest BCUT2D eigenvalue weighted by molar-refractivity contribution is 0.681. The molecule has 3 heterocycles. The fraction of sp³-hybridized carbons (Fsp3) is 0.333. The van der Waals surface area contributed by atoms with Crippen LogP contribution in [-0.2, 0) is 7.05 Å². The molecule has 0 radical (unpaired) electrons. The van der Waals surface area contributed by atoms with Crippen molar-refractivity contribution < 1.29 is 0 Å². The highest BCUT2D eigenvalue weighted by atomic mass is 15.4. The van der Waals surface area contributed by atoms with Crippen molar-refractivity contribution in [2.24, 2.45) is 13.0 Å². The van der Waals surface area contributed by atoms with Crippen LogP contribution in [0.2, 0.25) is 0 Å². The molecule has 0 amide bonds. The van der Waals surface area contributed by atoms with E-state index in [1.54, 1.807) is 4.68 Å². The molecule has 1 N–H and O–H groups in total. The molecule has 7 heteroatoms. The minimum atomic E-state index is 0.423. The van der Waals surface area contributed by atoms with Gasteiger partial charge in [0, 0.05) is 24.8 Å². The Balaban J connectivity index is 1.53. The summed E-state index contributed by atoms with van der Waals surface area (Å²) in [6.45, 7) is 2.20. The van der Waals surface area contributed by atoms with Gasteiger partial charge < -0.3 is 5.32 Å². The van der Waals surface area contributed by atoms with Crippen molar-refractivity contribution in [2.75, 3.05) is 5.32 Å². The number of fused-ring (bicyclic) bond motifs is 2. The lowest BCUT2D eigenvalue weighted by atomic mass is 10.1. The average Bonchev–Trinajstić information content (AvgIpc) is 3.30. The molecule has 1 aliphatic rings. The molecule has 126 valence electrons. The summed E-state index contributed by atoms with van der Waals surface area (Å²) in [5, 5.41) is 16.2. The summed E-state index contributed by atoms with van der Waals surface area (Å²) in [5.74, 6) is 1.44. The van der Waals surface area contributed by atoms with Gasteiger partial charge in [-0.15, -0.1) is 10.2 Å². The van der Waals surface area contributed by atoms with Gasteiger partial charge >= 0.3 is 0 Å². The van der Waals surface area contributed by atoms with Crippen molar-refractivity contribution in [3.05, 3.63) is 36.7 Å². The third-order valence-corrected chi connectivity index (χ3v) is 5.02. The van der Waals surface area contributed by atoms with Gasteiger partial charge in [-0.05, 0) is 49.4 Å². The maximum absolute atomic E-state index is 4.61. The molecule has 1 fully saturated rings. The first kappa shape index (κ1) is 14.4. The first-order valence-electron chi connectivity index (χ1n) is 8.60. The summed E-state index contributed by atoms with van der Waals surface area (Å²) in [6.07, 6.45) is 6.46. The monoisotopic (exact) mass is 333 g/mol. The van der Waals surface area contributed by atoms with Gasteiger partial charge in [0.1, 0.15) is 5.52 Å². The molecule has 0 saturated heterocycles. The van der Waals surface area contributed by atoms with Crippen molar-refractivity contribution >= 4 is 22.5 Å². The predicted molar refractivity (Wildman–Crippen MR) is 96.3 cm³/mol. The number of hydrogen-bond acceptors (Lipinski definition) is 5. The summed E-state index contributed by atoms with van der Waals surface area (Å²) in [7, 11) is 1.90. The lowest BCUT2D eigenvalue weighted by Crippen LogP contribution is -2.19. The molecular formula is C18H19N7. The Hall–Kier alpha value is -2.96. The molecule has 1 saturated carbocycles. The Morgan fingerprint density at radius 3 is 2.92 bits per heavy atom. The molecule has 5 rings (SSSR count). The molecule has 1 atom stereocenters. The number of benzene rings is 1. The molecular weight excluding hydrogens is 314 g/mol. The summed E-state index contributed by atoms with van der Waals surface area (Å²) < 4.78 is 3.67. The molecule has 7 nitrogen and oxygen atoms in total. The van der Waals surface area contributed by atoms with Crippen LogP contribution < -0.4 is 5.32 Å². The normalized spacial score (nSPS) is 15.8. The van der Waals surface area contributed by atoms with E-state index in [-0.39, 0.29) is 0 Å². The number of hydrogen-bond donors (Lipinski definition) is 1. The van der Waals surface area contributed by atoms with Gasteiger partial charge in [-0.3, -0.25) is 0 Å². The number of anilines is 1. The van der Waals surface area contributed by atoms with Gasteiger partial charge in [-0.25, -0.2) is 14.2 Å². The van der Waals surface area contributed by atoms with E-state index in [2.05, 4.69) is 50.8 Å². The van der Waals surface area contributed by atoms with Crippen LogP contribution in [0.25, 0.3) is 27.7 Å². The van der Waals surface area contributed by atoms with Crippen molar-refractivity contribution in [2.45, 2.75) is 25.8 Å². The number of aryl methyl sites for hydroxylation is 1. The first-order valence-corrected chi connectivity index (χ1v) is 8.60. The van der Waals surface area contributed by atoms with Crippen LogP contribution in [-0.4, -0.2) is 35.6 Å². The molecule has 0 spiro atoms. The van der Waals surface area contributed by atoms with E-state index < -0.39 is 0 Å². The molecule has 1 aromatic carbocycles. The molecule has 3 aromatic heterocycles. The Morgan fingerprint density at radius 2 is 2.08 bits per heavy atom. The Labute approximate surface area is 144 Å². The van der Waals surface area contributed by atoms with Crippen LogP contribution in [0.4, 0.5) is 5.95 Å². The highest BCUT2D eigenvalue weighted by Gasteiger charge is 2.28. The number of nitrogens with zero attached hydrogens (tertiary/aromatic N) is 6. The van der Waals surface area contributed by atoms with Gasteiger partial charge in [0.2, 0.25) is 5.95 Å².